The van der Waals surface area contributed by atoms with Crippen molar-refractivity contribution in [2.24, 2.45) is 0 Å². The first-order chi connectivity index (χ1) is 16.5. The van der Waals surface area contributed by atoms with Crippen molar-refractivity contribution in [2.75, 3.05) is 25.1 Å². The zero-order valence-electron chi connectivity index (χ0n) is 20.3. The highest BCUT2D eigenvalue weighted by atomic mass is 16.5. The topological polar surface area (TPSA) is 61.0 Å². The average Bonchev–Trinajstić information content (AvgIpc) is 3.51. The third-order valence-corrected chi connectivity index (χ3v) is 6.51. The Kier molecular flexibility index (Phi) is 6.09. The number of aryl methyl sites for hydroxylation is 1. The van der Waals surface area contributed by atoms with Gasteiger partial charge in [-0.05, 0) is 57.4 Å². The highest BCUT2D eigenvalue weighted by molar-refractivity contribution is 5.64. The zero-order chi connectivity index (χ0) is 23.7. The molecule has 2 aromatic heterocycles. The molecule has 7 heteroatoms. The molecule has 5 rings (SSSR count). The van der Waals surface area contributed by atoms with Gasteiger partial charge in [-0.25, -0.2) is 9.67 Å². The number of aromatic nitrogens is 5. The van der Waals surface area contributed by atoms with E-state index < -0.39 is 0 Å². The highest BCUT2D eigenvalue weighted by Gasteiger charge is 2.26. The minimum atomic E-state index is 0.212. The summed E-state index contributed by atoms with van der Waals surface area (Å²) in [7, 11) is 1.69. The van der Waals surface area contributed by atoms with Crippen LogP contribution in [0.15, 0.2) is 61.1 Å². The summed E-state index contributed by atoms with van der Waals surface area (Å²) < 4.78 is 9.74. The SMILES string of the molecule is COc1cc(-c2nc(N3CCCC(c4ccccc4)C3)n(C(C)C)n2)ccc1-n1cnc(C)c1. The molecular weight excluding hydrogens is 424 g/mol. The van der Waals surface area contributed by atoms with E-state index >= 15 is 0 Å². The molecule has 1 saturated heterocycles. The van der Waals surface area contributed by atoms with Crippen molar-refractivity contribution in [3.63, 3.8) is 0 Å². The van der Waals surface area contributed by atoms with Crippen molar-refractivity contribution in [2.45, 2.75) is 45.6 Å². The van der Waals surface area contributed by atoms with Gasteiger partial charge < -0.3 is 14.2 Å². The summed E-state index contributed by atoms with van der Waals surface area (Å²) in [6.07, 6.45) is 6.14. The molecule has 4 aromatic rings. The summed E-state index contributed by atoms with van der Waals surface area (Å²) in [4.78, 5) is 11.8. The van der Waals surface area contributed by atoms with E-state index in [1.807, 2.05) is 29.8 Å². The van der Waals surface area contributed by atoms with Gasteiger partial charge in [0.15, 0.2) is 5.82 Å². The maximum Gasteiger partial charge on any atom is 0.224 e. The number of ether oxygens (including phenoxy) is 1. The molecule has 7 nitrogen and oxygen atoms in total. The van der Waals surface area contributed by atoms with Crippen LogP contribution in [-0.4, -0.2) is 44.5 Å². The third kappa shape index (κ3) is 4.30. The van der Waals surface area contributed by atoms with Gasteiger partial charge in [0.1, 0.15) is 5.75 Å². The number of anilines is 1. The first kappa shape index (κ1) is 22.2. The Morgan fingerprint density at radius 1 is 1.09 bits per heavy atom. The van der Waals surface area contributed by atoms with Crippen molar-refractivity contribution in [1.82, 2.24) is 24.3 Å². The van der Waals surface area contributed by atoms with Crippen LogP contribution in [0.4, 0.5) is 5.95 Å². The number of benzene rings is 2. The van der Waals surface area contributed by atoms with Gasteiger partial charge in [0.05, 0.1) is 30.9 Å². The van der Waals surface area contributed by atoms with Gasteiger partial charge >= 0.3 is 0 Å². The van der Waals surface area contributed by atoms with Crippen molar-refractivity contribution in [3.05, 3.63) is 72.3 Å². The summed E-state index contributed by atoms with van der Waals surface area (Å²) in [6, 6.07) is 17.1. The first-order valence-electron chi connectivity index (χ1n) is 12.0. The van der Waals surface area contributed by atoms with Crippen LogP contribution in [0.2, 0.25) is 0 Å². The number of methoxy groups -OCH3 is 1. The quantitative estimate of drug-likeness (QED) is 0.388. The van der Waals surface area contributed by atoms with Gasteiger partial charge in [-0.3, -0.25) is 0 Å². The number of rotatable bonds is 6. The minimum absolute atomic E-state index is 0.212. The lowest BCUT2D eigenvalue weighted by Gasteiger charge is -2.34. The van der Waals surface area contributed by atoms with Gasteiger partial charge in [0, 0.05) is 30.8 Å². The van der Waals surface area contributed by atoms with E-state index in [0.29, 0.717) is 5.92 Å². The highest BCUT2D eigenvalue weighted by Crippen LogP contribution is 2.33. The fourth-order valence-electron chi connectivity index (χ4n) is 4.74. The molecule has 0 aliphatic carbocycles. The normalized spacial score (nSPS) is 16.3. The fourth-order valence-corrected chi connectivity index (χ4v) is 4.74. The smallest absolute Gasteiger partial charge is 0.224 e. The van der Waals surface area contributed by atoms with Crippen LogP contribution in [0.25, 0.3) is 17.1 Å². The van der Waals surface area contributed by atoms with Crippen LogP contribution in [0.5, 0.6) is 5.75 Å². The summed E-state index contributed by atoms with van der Waals surface area (Å²) >= 11 is 0. The first-order valence-corrected chi connectivity index (χ1v) is 12.0. The van der Waals surface area contributed by atoms with Gasteiger partial charge in [-0.2, -0.15) is 4.98 Å². The van der Waals surface area contributed by atoms with Crippen LogP contribution >= 0.6 is 0 Å². The Bertz CT molecular complexity index is 1260. The third-order valence-electron chi connectivity index (χ3n) is 6.51. The molecule has 1 aliphatic rings. The average molecular weight is 457 g/mol. The Hall–Kier alpha value is -3.61. The van der Waals surface area contributed by atoms with Crippen molar-refractivity contribution in [1.29, 1.82) is 0 Å². The molecule has 0 radical (unpaired) electrons. The maximum absolute atomic E-state index is 5.71. The van der Waals surface area contributed by atoms with Gasteiger partial charge in [0.2, 0.25) is 5.95 Å². The standard InChI is InChI=1S/C27H32N6O/c1-19(2)33-27(31-14-8-11-23(17-31)21-9-6-5-7-10-21)29-26(30-33)22-12-13-24(25(15-22)34-4)32-16-20(3)28-18-32/h5-7,9-10,12-13,15-16,18-19,23H,8,11,14,17H2,1-4H3. The molecule has 3 heterocycles. The second kappa shape index (κ2) is 9.33. The number of imidazole rings is 1. The molecule has 1 atom stereocenters. The Morgan fingerprint density at radius 2 is 1.91 bits per heavy atom. The zero-order valence-corrected chi connectivity index (χ0v) is 20.3. The molecule has 2 aromatic carbocycles. The predicted octanol–water partition coefficient (Wildman–Crippen LogP) is 5.41. The van der Waals surface area contributed by atoms with Gasteiger partial charge in [-0.15, -0.1) is 5.10 Å². The number of piperidine rings is 1. The van der Waals surface area contributed by atoms with E-state index in [1.165, 1.54) is 12.0 Å². The minimum Gasteiger partial charge on any atom is -0.495 e. The molecule has 0 bridgehead atoms. The Labute approximate surface area is 201 Å². The lowest BCUT2D eigenvalue weighted by atomic mass is 9.91. The van der Waals surface area contributed by atoms with Crippen LogP contribution in [0, 0.1) is 6.92 Å². The van der Waals surface area contributed by atoms with E-state index in [0.717, 1.165) is 54.0 Å². The van der Waals surface area contributed by atoms with E-state index in [1.54, 1.807) is 13.4 Å². The molecule has 0 saturated carbocycles. The molecular formula is C27H32N6O. The molecule has 0 amide bonds. The second-order valence-corrected chi connectivity index (χ2v) is 9.28. The molecule has 1 aliphatic heterocycles. The predicted molar refractivity (Wildman–Crippen MR) is 135 cm³/mol. The molecule has 1 unspecified atom stereocenters. The Morgan fingerprint density at radius 3 is 2.62 bits per heavy atom. The maximum atomic E-state index is 5.71. The van der Waals surface area contributed by atoms with Crippen molar-refractivity contribution >= 4 is 5.95 Å². The largest absolute Gasteiger partial charge is 0.495 e. The Balaban J connectivity index is 1.47. The van der Waals surface area contributed by atoms with Gasteiger partial charge in [0.25, 0.3) is 0 Å². The van der Waals surface area contributed by atoms with Gasteiger partial charge in [-0.1, -0.05) is 30.3 Å². The van der Waals surface area contributed by atoms with Crippen LogP contribution in [-0.2, 0) is 0 Å². The van der Waals surface area contributed by atoms with Crippen molar-refractivity contribution < 1.29 is 4.74 Å². The lowest BCUT2D eigenvalue weighted by molar-refractivity contribution is 0.413. The molecule has 34 heavy (non-hydrogen) atoms. The summed E-state index contributed by atoms with van der Waals surface area (Å²) in [5.41, 5.74) is 4.24. The number of hydrogen-bond acceptors (Lipinski definition) is 5. The van der Waals surface area contributed by atoms with Crippen LogP contribution in [0.1, 0.15) is 49.9 Å². The number of nitrogens with zero attached hydrogens (tertiary/aromatic N) is 6. The second-order valence-electron chi connectivity index (χ2n) is 9.28. The van der Waals surface area contributed by atoms with E-state index in [4.69, 9.17) is 14.8 Å². The van der Waals surface area contributed by atoms with E-state index in [2.05, 4.69) is 64.8 Å². The lowest BCUT2D eigenvalue weighted by Crippen LogP contribution is -2.36. The molecule has 0 N–H and O–H groups in total. The van der Waals surface area contributed by atoms with Crippen LogP contribution in [0.3, 0.4) is 0 Å². The molecule has 0 spiro atoms. The fraction of sp³-hybridized carbons (Fsp3) is 0.370. The van der Waals surface area contributed by atoms with Crippen molar-refractivity contribution in [3.8, 4) is 22.8 Å². The summed E-state index contributed by atoms with van der Waals surface area (Å²) in [6.45, 7) is 8.25. The van der Waals surface area contributed by atoms with E-state index in [9.17, 15) is 0 Å². The molecule has 176 valence electrons. The van der Waals surface area contributed by atoms with Crippen LogP contribution < -0.4 is 9.64 Å². The summed E-state index contributed by atoms with van der Waals surface area (Å²) in [5, 5.41) is 4.92. The molecule has 1 fully saturated rings. The summed E-state index contributed by atoms with van der Waals surface area (Å²) in [5.74, 6) is 2.93. The number of hydrogen-bond donors (Lipinski definition) is 0. The monoisotopic (exact) mass is 456 g/mol. The van der Waals surface area contributed by atoms with E-state index in [-0.39, 0.29) is 6.04 Å².